The highest BCUT2D eigenvalue weighted by Gasteiger charge is 2.21. The Labute approximate surface area is 164 Å². The first-order valence-electron chi connectivity index (χ1n) is 9.60. The minimum absolute atomic E-state index is 0.845. The first-order chi connectivity index (χ1) is 13.8. The predicted octanol–water partition coefficient (Wildman–Crippen LogP) is 3.45. The molecule has 2 aromatic carbocycles. The lowest BCUT2D eigenvalue weighted by molar-refractivity contribution is 0.649. The summed E-state index contributed by atoms with van der Waals surface area (Å²) in [5.41, 5.74) is 4.43. The Balaban J connectivity index is 1.40. The van der Waals surface area contributed by atoms with E-state index in [0.29, 0.717) is 0 Å². The van der Waals surface area contributed by atoms with Gasteiger partial charge in [-0.1, -0.05) is 35.9 Å². The molecule has 6 heteroatoms. The van der Waals surface area contributed by atoms with E-state index in [0.717, 1.165) is 48.7 Å². The summed E-state index contributed by atoms with van der Waals surface area (Å²) in [6.07, 6.45) is 3.52. The van der Waals surface area contributed by atoms with Gasteiger partial charge in [-0.2, -0.15) is 5.10 Å². The molecule has 0 bridgehead atoms. The Morgan fingerprint density at radius 1 is 0.750 bits per heavy atom. The minimum atomic E-state index is 0.845. The van der Waals surface area contributed by atoms with Crippen LogP contribution in [0.2, 0.25) is 0 Å². The number of rotatable bonds is 3. The van der Waals surface area contributed by atoms with Gasteiger partial charge < -0.3 is 9.80 Å². The molecule has 6 nitrogen and oxygen atoms in total. The van der Waals surface area contributed by atoms with Crippen molar-refractivity contribution >= 4 is 22.5 Å². The first-order valence-corrected chi connectivity index (χ1v) is 9.60. The summed E-state index contributed by atoms with van der Waals surface area (Å²) in [7, 11) is 0. The average molecular weight is 370 g/mol. The van der Waals surface area contributed by atoms with Crippen LogP contribution >= 0.6 is 0 Å². The summed E-state index contributed by atoms with van der Waals surface area (Å²) in [4.78, 5) is 13.9. The topological polar surface area (TPSA) is 50.1 Å². The van der Waals surface area contributed by atoms with Crippen molar-refractivity contribution in [3.05, 3.63) is 72.7 Å². The maximum Gasteiger partial charge on any atom is 0.168 e. The predicted molar refractivity (Wildman–Crippen MR) is 112 cm³/mol. The normalized spacial score (nSPS) is 14.6. The molecule has 0 amide bonds. The second kappa shape index (κ2) is 6.96. The van der Waals surface area contributed by atoms with E-state index in [-0.39, 0.29) is 0 Å². The van der Waals surface area contributed by atoms with Gasteiger partial charge in [-0.25, -0.2) is 14.6 Å². The Kier molecular flexibility index (Phi) is 4.16. The van der Waals surface area contributed by atoms with Crippen molar-refractivity contribution in [3.63, 3.8) is 0 Å². The summed E-state index contributed by atoms with van der Waals surface area (Å²) in [6, 6.07) is 18.9. The molecular formula is C22H22N6. The van der Waals surface area contributed by atoms with Crippen LogP contribution < -0.4 is 9.80 Å². The Morgan fingerprint density at radius 2 is 1.46 bits per heavy atom. The fraction of sp³-hybridized carbons (Fsp3) is 0.227. The molecule has 1 aliphatic rings. The lowest BCUT2D eigenvalue weighted by Crippen LogP contribution is -2.46. The molecule has 140 valence electrons. The molecule has 0 spiro atoms. The van der Waals surface area contributed by atoms with E-state index in [2.05, 4.69) is 56.1 Å². The molecule has 0 atom stereocenters. The highest BCUT2D eigenvalue weighted by Crippen LogP contribution is 2.26. The van der Waals surface area contributed by atoms with Crippen LogP contribution in [-0.4, -0.2) is 45.9 Å². The Hall–Kier alpha value is -3.41. The number of aromatic nitrogens is 4. The number of benzene rings is 2. The van der Waals surface area contributed by atoms with Gasteiger partial charge in [0.25, 0.3) is 0 Å². The van der Waals surface area contributed by atoms with E-state index in [9.17, 15) is 0 Å². The molecular weight excluding hydrogens is 348 g/mol. The molecule has 3 heterocycles. The van der Waals surface area contributed by atoms with Gasteiger partial charge in [0.15, 0.2) is 5.65 Å². The van der Waals surface area contributed by atoms with Crippen molar-refractivity contribution in [1.29, 1.82) is 0 Å². The number of anilines is 2. The summed E-state index contributed by atoms with van der Waals surface area (Å²) in [6.45, 7) is 5.92. The van der Waals surface area contributed by atoms with Crippen molar-refractivity contribution in [2.45, 2.75) is 6.92 Å². The highest BCUT2D eigenvalue weighted by molar-refractivity contribution is 5.87. The molecule has 2 aromatic heterocycles. The first kappa shape index (κ1) is 16.7. The van der Waals surface area contributed by atoms with E-state index in [1.807, 2.05) is 41.2 Å². The number of para-hydroxylation sites is 1. The zero-order chi connectivity index (χ0) is 18.9. The van der Waals surface area contributed by atoms with E-state index >= 15 is 0 Å². The highest BCUT2D eigenvalue weighted by atomic mass is 15.3. The molecule has 1 fully saturated rings. The van der Waals surface area contributed by atoms with Crippen LogP contribution in [0.15, 0.2) is 67.1 Å². The lowest BCUT2D eigenvalue weighted by Gasteiger charge is -2.36. The van der Waals surface area contributed by atoms with Crippen molar-refractivity contribution in [3.8, 4) is 5.69 Å². The molecule has 0 aliphatic carbocycles. The van der Waals surface area contributed by atoms with Gasteiger partial charge >= 0.3 is 0 Å². The molecule has 28 heavy (non-hydrogen) atoms. The largest absolute Gasteiger partial charge is 0.368 e. The van der Waals surface area contributed by atoms with E-state index in [1.54, 1.807) is 6.33 Å². The Bertz CT molecular complexity index is 1080. The summed E-state index contributed by atoms with van der Waals surface area (Å²) in [5.74, 6) is 0.968. The van der Waals surface area contributed by atoms with Crippen LogP contribution in [0.1, 0.15) is 5.56 Å². The maximum atomic E-state index is 4.59. The molecule has 5 rings (SSSR count). The van der Waals surface area contributed by atoms with Crippen LogP contribution in [0.3, 0.4) is 0 Å². The Morgan fingerprint density at radius 3 is 2.21 bits per heavy atom. The number of nitrogens with zero attached hydrogens (tertiary/aromatic N) is 6. The number of aryl methyl sites for hydroxylation is 1. The smallest absolute Gasteiger partial charge is 0.168 e. The van der Waals surface area contributed by atoms with Gasteiger partial charge in [-0.05, 0) is 31.2 Å². The third-order valence-corrected chi connectivity index (χ3v) is 5.32. The van der Waals surface area contributed by atoms with Gasteiger partial charge in [0.1, 0.15) is 12.1 Å². The summed E-state index contributed by atoms with van der Waals surface area (Å²) >= 11 is 0. The zero-order valence-electron chi connectivity index (χ0n) is 15.9. The van der Waals surface area contributed by atoms with Crippen LogP contribution in [0.5, 0.6) is 0 Å². The maximum absolute atomic E-state index is 4.59. The molecule has 4 aromatic rings. The van der Waals surface area contributed by atoms with Crippen molar-refractivity contribution in [1.82, 2.24) is 19.7 Å². The van der Waals surface area contributed by atoms with Crippen molar-refractivity contribution in [2.24, 2.45) is 0 Å². The third kappa shape index (κ3) is 2.97. The average Bonchev–Trinajstić information content (AvgIpc) is 3.19. The fourth-order valence-corrected chi connectivity index (χ4v) is 3.77. The summed E-state index contributed by atoms with van der Waals surface area (Å²) < 4.78 is 1.88. The standard InChI is InChI=1S/C22H22N6/c1-17-7-9-18(10-8-17)26-11-13-27(14-12-26)21-20-15-25-28(22(20)24-16-23-21)19-5-3-2-4-6-19/h2-10,15-16H,11-14H2,1H3. The number of fused-ring (bicyclic) bond motifs is 1. The van der Waals surface area contributed by atoms with E-state index in [4.69, 9.17) is 0 Å². The van der Waals surface area contributed by atoms with E-state index in [1.165, 1.54) is 11.3 Å². The monoisotopic (exact) mass is 370 g/mol. The number of hydrogen-bond donors (Lipinski definition) is 0. The van der Waals surface area contributed by atoms with Gasteiger partial charge in [-0.3, -0.25) is 0 Å². The van der Waals surface area contributed by atoms with Crippen molar-refractivity contribution in [2.75, 3.05) is 36.0 Å². The second-order valence-electron chi connectivity index (χ2n) is 7.14. The quantitative estimate of drug-likeness (QED) is 0.553. The van der Waals surface area contributed by atoms with Crippen molar-refractivity contribution < 1.29 is 0 Å². The van der Waals surface area contributed by atoms with Crippen LogP contribution in [0.25, 0.3) is 16.7 Å². The number of piperazine rings is 1. The van der Waals surface area contributed by atoms with Gasteiger partial charge in [-0.15, -0.1) is 0 Å². The molecule has 0 radical (unpaired) electrons. The van der Waals surface area contributed by atoms with Crippen LogP contribution in [0, 0.1) is 6.92 Å². The molecule has 1 saturated heterocycles. The van der Waals surface area contributed by atoms with Gasteiger partial charge in [0.05, 0.1) is 17.3 Å². The SMILES string of the molecule is Cc1ccc(N2CCN(c3ncnc4c3cnn4-c3ccccc3)CC2)cc1. The van der Waals surface area contributed by atoms with Crippen LogP contribution in [-0.2, 0) is 0 Å². The fourth-order valence-electron chi connectivity index (χ4n) is 3.77. The lowest BCUT2D eigenvalue weighted by atomic mass is 10.2. The van der Waals surface area contributed by atoms with Gasteiger partial charge in [0.2, 0.25) is 0 Å². The minimum Gasteiger partial charge on any atom is -0.368 e. The summed E-state index contributed by atoms with van der Waals surface area (Å²) in [5, 5.41) is 5.56. The third-order valence-electron chi connectivity index (χ3n) is 5.32. The molecule has 0 unspecified atom stereocenters. The molecule has 0 saturated carbocycles. The molecule has 0 N–H and O–H groups in total. The van der Waals surface area contributed by atoms with Crippen LogP contribution in [0.4, 0.5) is 11.5 Å². The van der Waals surface area contributed by atoms with Gasteiger partial charge in [0, 0.05) is 31.9 Å². The number of hydrogen-bond acceptors (Lipinski definition) is 5. The molecule has 1 aliphatic heterocycles. The second-order valence-corrected chi connectivity index (χ2v) is 7.14. The zero-order valence-corrected chi connectivity index (χ0v) is 15.9. The van der Waals surface area contributed by atoms with E-state index < -0.39 is 0 Å².